The third-order valence-corrected chi connectivity index (χ3v) is 8.58. The van der Waals surface area contributed by atoms with Gasteiger partial charge in [0.25, 0.3) is 0 Å². The van der Waals surface area contributed by atoms with E-state index < -0.39 is 0 Å². The Kier molecular flexibility index (Phi) is 13.2. The Balaban J connectivity index is 0.00000243. The number of aromatic amines is 2. The summed E-state index contributed by atoms with van der Waals surface area (Å²) in [6.07, 6.45) is 8.89. The minimum Gasteiger partial charge on any atom is -0.373 e. The van der Waals surface area contributed by atoms with Crippen molar-refractivity contribution in [3.8, 4) is 0 Å². The zero-order valence-electron chi connectivity index (χ0n) is 28.8. The van der Waals surface area contributed by atoms with E-state index in [2.05, 4.69) is 28.2 Å². The predicted molar refractivity (Wildman–Crippen MR) is 199 cm³/mol. The SMILES string of the molecule is CC(OCCc1ccc(F)cc1)c1cc2cc3[nH]c(cc4nc(cc5nc(cc1[nH]2)C=C5)C=C4)cc3C(C)OCCc1ccc(F)cc1.[Na].[Na]. The Morgan fingerprint density at radius 3 is 1.42 bits per heavy atom. The number of ether oxygens (including phenoxy) is 2. The molecule has 0 fully saturated rings. The third kappa shape index (κ3) is 9.57. The van der Waals surface area contributed by atoms with Crippen molar-refractivity contribution in [3.05, 3.63) is 142 Å². The standard InChI is InChI=1S/C40H36F2N4O2.2Na/c1-25(47-17-15-27-3-7-29(41)8-4-27)37-21-35-20-33-12-11-31(43-33)19-32-13-14-34(44-32)23-39-38(22-36(46-39)24-40(37)45-35)26(2)48-18-16-28-5-9-30(42)10-6-28;;/h3-14,19-26,45-46H,15-18H2,1-2H3;;. The van der Waals surface area contributed by atoms with Gasteiger partial charge >= 0.3 is 0 Å². The molecule has 0 spiro atoms. The molecule has 8 bridgehead atoms. The molecular weight excluding hydrogens is 652 g/mol. The number of rotatable bonds is 10. The first-order valence-electron chi connectivity index (χ1n) is 16.2. The first-order valence-corrected chi connectivity index (χ1v) is 16.2. The minimum absolute atomic E-state index is 0. The van der Waals surface area contributed by atoms with Gasteiger partial charge in [0, 0.05) is 92.3 Å². The second kappa shape index (κ2) is 17.4. The van der Waals surface area contributed by atoms with Gasteiger partial charge in [-0.05, 0) is 123 Å². The maximum Gasteiger partial charge on any atom is 0.123 e. The van der Waals surface area contributed by atoms with Crippen LogP contribution in [0, 0.1) is 11.6 Å². The number of nitrogens with one attached hydrogen (secondary N) is 2. The van der Waals surface area contributed by atoms with Crippen molar-refractivity contribution >= 4 is 105 Å². The van der Waals surface area contributed by atoms with Crippen LogP contribution in [0.15, 0.2) is 84.9 Å². The van der Waals surface area contributed by atoms with E-state index in [1.807, 2.05) is 56.4 Å². The summed E-state index contributed by atoms with van der Waals surface area (Å²) >= 11 is 0. The number of hydrogen-bond donors (Lipinski definition) is 2. The molecule has 244 valence electrons. The second-order valence-electron chi connectivity index (χ2n) is 12.1. The van der Waals surface area contributed by atoms with Crippen molar-refractivity contribution in [1.29, 1.82) is 0 Å². The number of halogens is 2. The van der Waals surface area contributed by atoms with E-state index >= 15 is 0 Å². The summed E-state index contributed by atoms with van der Waals surface area (Å²) in [6.45, 7) is 5.07. The molecule has 2 aromatic carbocycles. The van der Waals surface area contributed by atoms with E-state index in [4.69, 9.17) is 19.4 Å². The molecular formula is C40H36F2N4Na2O2. The minimum atomic E-state index is -0.246. The molecule has 5 aromatic rings. The van der Waals surface area contributed by atoms with E-state index in [0.29, 0.717) is 26.1 Å². The fraction of sp³-hybridized carbons (Fsp3) is 0.200. The van der Waals surface area contributed by atoms with Gasteiger partial charge < -0.3 is 19.4 Å². The number of benzene rings is 2. The van der Waals surface area contributed by atoms with Gasteiger partial charge in [0.1, 0.15) is 11.6 Å². The monoisotopic (exact) mass is 688 g/mol. The molecule has 3 aromatic heterocycles. The van der Waals surface area contributed by atoms with Crippen molar-refractivity contribution in [2.24, 2.45) is 0 Å². The van der Waals surface area contributed by atoms with Crippen LogP contribution in [0.3, 0.4) is 0 Å². The molecule has 6 nitrogen and oxygen atoms in total. The number of aromatic nitrogens is 4. The smallest absolute Gasteiger partial charge is 0.123 e. The molecule has 5 heterocycles. The average Bonchev–Trinajstić information content (AvgIpc) is 3.88. The maximum absolute atomic E-state index is 13.4. The van der Waals surface area contributed by atoms with Crippen LogP contribution in [-0.2, 0) is 22.3 Å². The fourth-order valence-corrected chi connectivity index (χ4v) is 6.00. The van der Waals surface area contributed by atoms with Crippen molar-refractivity contribution in [2.45, 2.75) is 38.9 Å². The molecule has 2 N–H and O–H groups in total. The normalized spacial score (nSPS) is 13.0. The third-order valence-electron chi connectivity index (χ3n) is 8.58. The summed E-state index contributed by atoms with van der Waals surface area (Å²) in [5.74, 6) is -0.491. The molecule has 2 aliphatic heterocycles. The zero-order chi connectivity index (χ0) is 33.0. The quantitative estimate of drug-likeness (QED) is 0.141. The number of hydrogen-bond acceptors (Lipinski definition) is 4. The van der Waals surface area contributed by atoms with Crippen molar-refractivity contribution in [1.82, 2.24) is 19.9 Å². The second-order valence-corrected chi connectivity index (χ2v) is 12.1. The van der Waals surface area contributed by atoms with Crippen LogP contribution in [0.2, 0.25) is 0 Å². The summed E-state index contributed by atoms with van der Waals surface area (Å²) in [7, 11) is 0. The maximum atomic E-state index is 13.4. The van der Waals surface area contributed by atoms with Gasteiger partial charge in [-0.1, -0.05) is 24.3 Å². The summed E-state index contributed by atoms with van der Waals surface area (Å²) in [6, 6.07) is 25.4. The molecule has 50 heavy (non-hydrogen) atoms. The van der Waals surface area contributed by atoms with E-state index in [0.717, 1.165) is 67.1 Å². The fourth-order valence-electron chi connectivity index (χ4n) is 6.00. The Hall–Kier alpha value is -3.18. The van der Waals surface area contributed by atoms with Gasteiger partial charge in [-0.25, -0.2) is 18.7 Å². The van der Waals surface area contributed by atoms with E-state index in [9.17, 15) is 8.78 Å². The van der Waals surface area contributed by atoms with Gasteiger partial charge in [-0.3, -0.25) is 0 Å². The van der Waals surface area contributed by atoms with Gasteiger partial charge in [0.05, 0.1) is 48.2 Å². The summed E-state index contributed by atoms with van der Waals surface area (Å²) in [4.78, 5) is 16.8. The molecule has 10 heteroatoms. The van der Waals surface area contributed by atoms with Crippen LogP contribution in [0.1, 0.15) is 71.1 Å². The average molecular weight is 689 g/mol. The van der Waals surface area contributed by atoms with E-state index in [1.54, 1.807) is 24.3 Å². The molecule has 7 rings (SSSR count). The van der Waals surface area contributed by atoms with Crippen LogP contribution in [0.5, 0.6) is 0 Å². The van der Waals surface area contributed by atoms with E-state index in [-0.39, 0.29) is 83.0 Å². The Morgan fingerprint density at radius 2 is 0.940 bits per heavy atom. The predicted octanol–water partition coefficient (Wildman–Crippen LogP) is 8.81. The Morgan fingerprint density at radius 1 is 0.540 bits per heavy atom. The van der Waals surface area contributed by atoms with Crippen LogP contribution < -0.4 is 0 Å². The van der Waals surface area contributed by atoms with Crippen molar-refractivity contribution in [3.63, 3.8) is 0 Å². The number of nitrogens with zero attached hydrogens (tertiary/aromatic N) is 2. The molecule has 2 unspecified atom stereocenters. The summed E-state index contributed by atoms with van der Waals surface area (Å²) < 4.78 is 39.4. The van der Waals surface area contributed by atoms with Gasteiger partial charge in [-0.15, -0.1) is 0 Å². The Labute approximate surface area is 334 Å². The summed E-state index contributed by atoms with van der Waals surface area (Å²) in [5, 5.41) is 0. The molecule has 2 aliphatic rings. The zero-order valence-corrected chi connectivity index (χ0v) is 32.8. The molecule has 2 atom stereocenters. The van der Waals surface area contributed by atoms with E-state index in [1.165, 1.54) is 24.3 Å². The number of H-pyrrole nitrogens is 2. The first-order chi connectivity index (χ1) is 23.3. The van der Waals surface area contributed by atoms with Gasteiger partial charge in [0.2, 0.25) is 0 Å². The summed E-state index contributed by atoms with van der Waals surface area (Å²) in [5.41, 5.74) is 11.0. The Bertz CT molecular complexity index is 2160. The largest absolute Gasteiger partial charge is 0.373 e. The van der Waals surface area contributed by atoms with Crippen LogP contribution >= 0.6 is 0 Å². The topological polar surface area (TPSA) is 75.8 Å². The molecule has 0 aliphatic carbocycles. The van der Waals surface area contributed by atoms with Crippen molar-refractivity contribution < 1.29 is 18.3 Å². The molecule has 2 radical (unpaired) electrons. The molecule has 0 saturated carbocycles. The molecule has 0 amide bonds. The van der Waals surface area contributed by atoms with Gasteiger partial charge in [0.15, 0.2) is 0 Å². The van der Waals surface area contributed by atoms with Crippen molar-refractivity contribution in [2.75, 3.05) is 13.2 Å². The van der Waals surface area contributed by atoms with Crippen LogP contribution in [0.4, 0.5) is 8.78 Å². The van der Waals surface area contributed by atoms with Gasteiger partial charge in [-0.2, -0.15) is 0 Å². The van der Waals surface area contributed by atoms with Crippen LogP contribution in [0.25, 0.3) is 46.4 Å². The van der Waals surface area contributed by atoms with Crippen LogP contribution in [-0.4, -0.2) is 92.3 Å². The number of fused-ring (bicyclic) bond motifs is 8. The molecule has 0 saturated heterocycles. The first kappa shape index (κ1) is 38.1.